The number of fused-ring (bicyclic) bond motifs is 1. The molecular formula is C13H17NO4S. The number of ether oxygens (including phenoxy) is 1. The van der Waals surface area contributed by atoms with Gasteiger partial charge in [0, 0.05) is 12.8 Å². The molecule has 5 nitrogen and oxygen atoms in total. The van der Waals surface area contributed by atoms with E-state index in [0.717, 1.165) is 11.8 Å². The number of nitrogens with one attached hydrogen (secondary N) is 1. The minimum absolute atomic E-state index is 0.219. The number of carbonyl (C=O) groups is 1. The third kappa shape index (κ3) is 2.64. The van der Waals surface area contributed by atoms with Crippen molar-refractivity contribution in [3.8, 4) is 0 Å². The number of carbonyl (C=O) groups excluding carboxylic acids is 1. The summed E-state index contributed by atoms with van der Waals surface area (Å²) in [6, 6.07) is 4.34. The molecule has 1 aliphatic rings. The fraction of sp³-hybridized carbons (Fsp3) is 0.462. The third-order valence-electron chi connectivity index (χ3n) is 3.39. The number of hydrogen-bond donors (Lipinski definition) is 1. The summed E-state index contributed by atoms with van der Waals surface area (Å²) in [5.74, 6) is -0.177. The molecule has 1 aliphatic heterocycles. The maximum Gasteiger partial charge on any atom is 0.327 e. The van der Waals surface area contributed by atoms with Crippen LogP contribution in [0, 0.1) is 0 Å². The van der Waals surface area contributed by atoms with E-state index < -0.39 is 21.8 Å². The molecule has 1 N–H and O–H groups in total. The van der Waals surface area contributed by atoms with Crippen LogP contribution in [0.25, 0.3) is 0 Å². The van der Waals surface area contributed by atoms with Gasteiger partial charge in [0.05, 0.1) is 12.0 Å². The van der Waals surface area contributed by atoms with E-state index in [9.17, 15) is 13.2 Å². The van der Waals surface area contributed by atoms with Crippen LogP contribution >= 0.6 is 0 Å². The lowest BCUT2D eigenvalue weighted by atomic mass is 9.88. The molecule has 2 unspecified atom stereocenters. The average Bonchev–Trinajstić information content (AvgIpc) is 2.37. The lowest BCUT2D eigenvalue weighted by molar-refractivity contribution is -0.143. The highest BCUT2D eigenvalue weighted by Gasteiger charge is 2.30. The topological polar surface area (TPSA) is 72.5 Å². The van der Waals surface area contributed by atoms with Crippen LogP contribution in [-0.2, 0) is 19.4 Å². The second kappa shape index (κ2) is 4.94. The van der Waals surface area contributed by atoms with Crippen LogP contribution in [-0.4, -0.2) is 34.3 Å². The van der Waals surface area contributed by atoms with Gasteiger partial charge in [-0.3, -0.25) is 0 Å². The summed E-state index contributed by atoms with van der Waals surface area (Å²) in [6.45, 7) is 2.68. The van der Waals surface area contributed by atoms with Gasteiger partial charge in [-0.1, -0.05) is 13.0 Å². The van der Waals surface area contributed by atoms with Crippen LogP contribution in [0.1, 0.15) is 30.0 Å². The zero-order valence-corrected chi connectivity index (χ0v) is 12.0. The van der Waals surface area contributed by atoms with E-state index in [2.05, 4.69) is 5.32 Å². The van der Waals surface area contributed by atoms with Gasteiger partial charge in [-0.15, -0.1) is 0 Å². The Hall–Kier alpha value is -1.40. The number of sulfone groups is 1. The van der Waals surface area contributed by atoms with E-state index >= 15 is 0 Å². The van der Waals surface area contributed by atoms with Crippen molar-refractivity contribution in [3.63, 3.8) is 0 Å². The second-order valence-corrected chi connectivity index (χ2v) is 6.84. The quantitative estimate of drug-likeness (QED) is 0.820. The molecule has 0 aromatic heterocycles. The molecule has 104 valence electrons. The van der Waals surface area contributed by atoms with Gasteiger partial charge in [-0.2, -0.15) is 0 Å². The number of hydrogen-bond acceptors (Lipinski definition) is 5. The molecule has 0 saturated heterocycles. The van der Waals surface area contributed by atoms with Gasteiger partial charge in [0.25, 0.3) is 0 Å². The van der Waals surface area contributed by atoms with Crippen LogP contribution in [0.15, 0.2) is 23.1 Å². The molecule has 1 aromatic carbocycles. The molecule has 0 aliphatic carbocycles. The van der Waals surface area contributed by atoms with Crippen LogP contribution < -0.4 is 5.32 Å². The van der Waals surface area contributed by atoms with Gasteiger partial charge in [-0.25, -0.2) is 13.2 Å². The molecule has 0 radical (unpaired) electrons. The normalized spacial score (nSPS) is 22.7. The van der Waals surface area contributed by atoms with Gasteiger partial charge in [0.1, 0.15) is 6.04 Å². The number of esters is 1. The van der Waals surface area contributed by atoms with Crippen LogP contribution in [0.2, 0.25) is 0 Å². The molecule has 2 rings (SSSR count). The summed E-state index contributed by atoms with van der Waals surface area (Å²) in [4.78, 5) is 12.0. The monoisotopic (exact) mass is 283 g/mol. The van der Waals surface area contributed by atoms with Gasteiger partial charge < -0.3 is 10.1 Å². The molecular weight excluding hydrogens is 266 g/mol. The standard InChI is InChI=1S/C13H17NO4S/c1-8-7-14-12(13(15)18-2)11-6-9(19(3,16)17)4-5-10(8)11/h4-6,8,12,14H,7H2,1-3H3. The Labute approximate surface area is 112 Å². The Bertz CT molecular complexity index is 609. The smallest absolute Gasteiger partial charge is 0.327 e. The number of methoxy groups -OCH3 is 1. The van der Waals surface area contributed by atoms with Gasteiger partial charge >= 0.3 is 5.97 Å². The van der Waals surface area contributed by atoms with Crippen molar-refractivity contribution >= 4 is 15.8 Å². The molecule has 0 amide bonds. The Morgan fingerprint density at radius 1 is 1.37 bits per heavy atom. The molecule has 0 bridgehead atoms. The van der Waals surface area contributed by atoms with Gasteiger partial charge in [0.2, 0.25) is 0 Å². The van der Waals surface area contributed by atoms with E-state index in [1.54, 1.807) is 18.2 Å². The van der Waals surface area contributed by atoms with E-state index in [1.165, 1.54) is 7.11 Å². The minimum atomic E-state index is -3.29. The zero-order valence-electron chi connectivity index (χ0n) is 11.1. The van der Waals surface area contributed by atoms with Crippen molar-refractivity contribution in [2.75, 3.05) is 19.9 Å². The highest BCUT2D eigenvalue weighted by Crippen LogP contribution is 2.32. The average molecular weight is 283 g/mol. The van der Waals surface area contributed by atoms with E-state index in [0.29, 0.717) is 12.1 Å². The molecule has 1 aromatic rings. The van der Waals surface area contributed by atoms with E-state index in [1.807, 2.05) is 6.92 Å². The zero-order chi connectivity index (χ0) is 14.2. The molecule has 1 heterocycles. The molecule has 0 spiro atoms. The molecule has 0 saturated carbocycles. The molecule has 0 fully saturated rings. The first kappa shape index (κ1) is 14.0. The summed E-state index contributed by atoms with van der Waals surface area (Å²) in [5.41, 5.74) is 1.68. The summed E-state index contributed by atoms with van der Waals surface area (Å²) in [6.07, 6.45) is 1.15. The molecule has 19 heavy (non-hydrogen) atoms. The maximum atomic E-state index is 11.8. The number of benzene rings is 1. The largest absolute Gasteiger partial charge is 0.468 e. The maximum absolute atomic E-state index is 11.8. The second-order valence-electron chi connectivity index (χ2n) is 4.83. The lowest BCUT2D eigenvalue weighted by Gasteiger charge is -2.29. The minimum Gasteiger partial charge on any atom is -0.468 e. The Morgan fingerprint density at radius 3 is 2.63 bits per heavy atom. The van der Waals surface area contributed by atoms with Crippen molar-refractivity contribution in [2.24, 2.45) is 0 Å². The van der Waals surface area contributed by atoms with E-state index in [4.69, 9.17) is 4.74 Å². The summed E-state index contributed by atoms with van der Waals surface area (Å²) < 4.78 is 28.0. The Kier molecular flexibility index (Phi) is 3.64. The van der Waals surface area contributed by atoms with Gasteiger partial charge in [0.15, 0.2) is 9.84 Å². The van der Waals surface area contributed by atoms with Crippen LogP contribution in [0.3, 0.4) is 0 Å². The Morgan fingerprint density at radius 2 is 2.05 bits per heavy atom. The van der Waals surface area contributed by atoms with Crippen molar-refractivity contribution in [1.29, 1.82) is 0 Å². The number of rotatable bonds is 2. The molecule has 6 heteroatoms. The lowest BCUT2D eigenvalue weighted by Crippen LogP contribution is -2.37. The fourth-order valence-corrected chi connectivity index (χ4v) is 2.98. The van der Waals surface area contributed by atoms with Crippen molar-refractivity contribution in [2.45, 2.75) is 23.8 Å². The highest BCUT2D eigenvalue weighted by atomic mass is 32.2. The highest BCUT2D eigenvalue weighted by molar-refractivity contribution is 7.90. The first-order chi connectivity index (χ1) is 8.84. The van der Waals surface area contributed by atoms with Crippen molar-refractivity contribution < 1.29 is 17.9 Å². The summed E-state index contributed by atoms with van der Waals surface area (Å²) in [5, 5.41) is 3.09. The fourth-order valence-electron chi connectivity index (χ4n) is 2.32. The van der Waals surface area contributed by atoms with E-state index in [-0.39, 0.29) is 10.8 Å². The summed E-state index contributed by atoms with van der Waals surface area (Å²) >= 11 is 0. The van der Waals surface area contributed by atoms with Crippen molar-refractivity contribution in [3.05, 3.63) is 29.3 Å². The molecule has 2 atom stereocenters. The van der Waals surface area contributed by atoms with Crippen molar-refractivity contribution in [1.82, 2.24) is 5.32 Å². The predicted molar refractivity (Wildman–Crippen MR) is 70.7 cm³/mol. The first-order valence-corrected chi connectivity index (χ1v) is 7.89. The predicted octanol–water partition coefficient (Wildman–Crippen LogP) is 1.01. The third-order valence-corrected chi connectivity index (χ3v) is 4.50. The first-order valence-electron chi connectivity index (χ1n) is 5.99. The van der Waals surface area contributed by atoms with Crippen LogP contribution in [0.4, 0.5) is 0 Å². The van der Waals surface area contributed by atoms with Crippen LogP contribution in [0.5, 0.6) is 0 Å². The van der Waals surface area contributed by atoms with Gasteiger partial charge in [-0.05, 0) is 29.2 Å². The summed E-state index contributed by atoms with van der Waals surface area (Å²) in [7, 11) is -1.97. The Balaban J connectivity index is 2.57. The SMILES string of the molecule is COC(=O)C1NCC(C)c2ccc(S(C)(=O)=O)cc21.